The smallest absolute Gasteiger partial charge is 0.317 e. The van der Waals surface area contributed by atoms with Crippen LogP contribution in [0.2, 0.25) is 0 Å². The summed E-state index contributed by atoms with van der Waals surface area (Å²) in [6.45, 7) is 3.88. The Balaban J connectivity index is 1.73. The van der Waals surface area contributed by atoms with Crippen LogP contribution in [-0.2, 0) is 6.54 Å². The van der Waals surface area contributed by atoms with Gasteiger partial charge in [0.05, 0.1) is 11.7 Å². The molecule has 2 aliphatic heterocycles. The molecule has 2 amide bonds. The maximum absolute atomic E-state index is 12.8. The molecule has 3 heterocycles. The second kappa shape index (κ2) is 4.93. The van der Waals surface area contributed by atoms with Crippen molar-refractivity contribution in [1.82, 2.24) is 24.7 Å². The molecule has 3 aliphatic rings. The Morgan fingerprint density at radius 3 is 2.54 bits per heavy atom. The van der Waals surface area contributed by atoms with E-state index in [1.165, 1.54) is 4.90 Å². The number of hydrogen-bond acceptors (Lipinski definition) is 5. The summed E-state index contributed by atoms with van der Waals surface area (Å²) in [6.07, 6.45) is 0.665. The van der Waals surface area contributed by atoms with E-state index in [-0.39, 0.29) is 29.3 Å². The van der Waals surface area contributed by atoms with Crippen LogP contribution < -0.4 is 5.32 Å². The van der Waals surface area contributed by atoms with Gasteiger partial charge in [0, 0.05) is 39.3 Å². The molecule has 1 atom stereocenters. The first-order chi connectivity index (χ1) is 11.4. The summed E-state index contributed by atoms with van der Waals surface area (Å²) in [5.74, 6) is 0.278. The second-order valence-electron chi connectivity index (χ2n) is 6.62. The van der Waals surface area contributed by atoms with Gasteiger partial charge in [0.2, 0.25) is 11.6 Å². The summed E-state index contributed by atoms with van der Waals surface area (Å²) < 4.78 is 1.79. The molecule has 1 fully saturated rings. The third-order valence-corrected chi connectivity index (χ3v) is 4.76. The summed E-state index contributed by atoms with van der Waals surface area (Å²) in [5, 5.41) is 2.89. The molecule has 0 radical (unpaired) electrons. The van der Waals surface area contributed by atoms with Gasteiger partial charge in [0.15, 0.2) is 0 Å². The van der Waals surface area contributed by atoms with E-state index in [2.05, 4.69) is 10.3 Å². The van der Waals surface area contributed by atoms with E-state index in [1.807, 2.05) is 4.90 Å². The predicted octanol–water partition coefficient (Wildman–Crippen LogP) is 0.568. The van der Waals surface area contributed by atoms with Crippen molar-refractivity contribution in [3.63, 3.8) is 0 Å². The van der Waals surface area contributed by atoms with Gasteiger partial charge in [-0.25, -0.2) is 9.78 Å². The predicted molar refractivity (Wildman–Crippen MR) is 84.7 cm³/mol. The van der Waals surface area contributed by atoms with Crippen LogP contribution in [0.3, 0.4) is 0 Å². The average Bonchev–Trinajstić information content (AvgIpc) is 3.17. The molecule has 1 saturated heterocycles. The lowest BCUT2D eigenvalue weighted by molar-refractivity contribution is 0.0952. The number of amides is 2. The van der Waals surface area contributed by atoms with Crippen LogP contribution in [0.1, 0.15) is 46.2 Å². The van der Waals surface area contributed by atoms with Crippen molar-refractivity contribution in [1.29, 1.82) is 0 Å². The molecule has 1 aliphatic carbocycles. The first-order valence-corrected chi connectivity index (χ1v) is 8.03. The molecule has 126 valence electrons. The van der Waals surface area contributed by atoms with Crippen molar-refractivity contribution in [3.8, 4) is 0 Å². The van der Waals surface area contributed by atoms with Gasteiger partial charge in [-0.2, -0.15) is 0 Å². The molecule has 1 N–H and O–H groups in total. The number of urea groups is 1. The summed E-state index contributed by atoms with van der Waals surface area (Å²) in [5.41, 5.74) is 1.58. The maximum Gasteiger partial charge on any atom is 0.317 e. The Morgan fingerprint density at radius 1 is 1.21 bits per heavy atom. The van der Waals surface area contributed by atoms with Gasteiger partial charge < -0.3 is 19.7 Å². The topological polar surface area (TPSA) is 87.3 Å². The van der Waals surface area contributed by atoms with Crippen LogP contribution >= 0.6 is 0 Å². The quantitative estimate of drug-likeness (QED) is 0.802. The average molecular weight is 329 g/mol. The number of ketones is 2. The number of rotatable bonds is 2. The molecular weight excluding hydrogens is 310 g/mol. The lowest BCUT2D eigenvalue weighted by atomic mass is 9.95. The van der Waals surface area contributed by atoms with Gasteiger partial charge in [0.1, 0.15) is 17.2 Å². The minimum absolute atomic E-state index is 0.134. The second-order valence-corrected chi connectivity index (χ2v) is 6.62. The van der Waals surface area contributed by atoms with Crippen molar-refractivity contribution >= 4 is 17.6 Å². The molecule has 24 heavy (non-hydrogen) atoms. The third-order valence-electron chi connectivity index (χ3n) is 4.76. The highest BCUT2D eigenvalue weighted by molar-refractivity contribution is 6.25. The molecule has 8 heteroatoms. The number of allylic oxidation sites excluding steroid dienone is 2. The molecule has 1 aromatic heterocycles. The molecule has 0 bridgehead atoms. The lowest BCUT2D eigenvalue weighted by Gasteiger charge is -2.17. The zero-order chi connectivity index (χ0) is 17.2. The van der Waals surface area contributed by atoms with E-state index in [4.69, 9.17) is 0 Å². The molecule has 0 unspecified atom stereocenters. The molecule has 0 saturated carbocycles. The molecule has 0 aromatic carbocycles. The van der Waals surface area contributed by atoms with E-state index in [1.54, 1.807) is 25.6 Å². The molecule has 8 nitrogen and oxygen atoms in total. The van der Waals surface area contributed by atoms with Gasteiger partial charge in [-0.1, -0.05) is 0 Å². The highest BCUT2D eigenvalue weighted by Crippen LogP contribution is 2.35. The number of aromatic nitrogens is 2. The fourth-order valence-electron chi connectivity index (χ4n) is 3.38. The fourth-order valence-corrected chi connectivity index (χ4v) is 3.38. The Kier molecular flexibility index (Phi) is 3.06. The monoisotopic (exact) mass is 329 g/mol. The first-order valence-electron chi connectivity index (χ1n) is 8.03. The van der Waals surface area contributed by atoms with E-state index in [9.17, 15) is 14.4 Å². The van der Waals surface area contributed by atoms with E-state index >= 15 is 0 Å². The third kappa shape index (κ3) is 1.98. The van der Waals surface area contributed by atoms with Crippen LogP contribution in [0.5, 0.6) is 0 Å². The fraction of sp³-hybridized carbons (Fsp3) is 0.500. The normalized spacial score (nSPS) is 21.8. The van der Waals surface area contributed by atoms with Gasteiger partial charge in [-0.05, 0) is 13.3 Å². The van der Waals surface area contributed by atoms with Gasteiger partial charge >= 0.3 is 6.03 Å². The number of hydrogen-bond donors (Lipinski definition) is 1. The number of Topliss-reactive ketones (excluding diaryl/α,β-unsaturated/α-hetero) is 2. The summed E-state index contributed by atoms with van der Waals surface area (Å²) in [4.78, 5) is 45.3. The molecule has 4 rings (SSSR count). The minimum atomic E-state index is -0.281. The Morgan fingerprint density at radius 2 is 1.92 bits per heavy atom. The number of imidazole rings is 1. The molecular formula is C16H19N5O3. The molecule has 0 spiro atoms. The standard InChI is InChI=1S/C16H19N5O3/c1-8-11(20-6-7-20)14(23)10-12(13(8)22)21-5-4-9(15(21)18-10)17-16(24)19(2)3/h9H,4-7H2,1-3H3,(H,17,24)/t9-/m0/s1. The largest absolute Gasteiger partial charge is 0.364 e. The SMILES string of the molecule is CC1=C(N2CC2)C(=O)c2nc3n(c2C1=O)CC[C@@H]3NC(=O)N(C)C. The number of nitrogens with one attached hydrogen (secondary N) is 1. The van der Waals surface area contributed by atoms with Crippen LogP contribution in [0.15, 0.2) is 11.3 Å². The highest BCUT2D eigenvalue weighted by atomic mass is 16.2. The summed E-state index contributed by atoms with van der Waals surface area (Å²) in [7, 11) is 3.33. The number of fused-ring (bicyclic) bond motifs is 3. The van der Waals surface area contributed by atoms with Crippen molar-refractivity contribution in [2.24, 2.45) is 0 Å². The van der Waals surface area contributed by atoms with Crippen LogP contribution in [0.4, 0.5) is 4.79 Å². The maximum atomic E-state index is 12.8. The van der Waals surface area contributed by atoms with Crippen molar-refractivity contribution in [2.75, 3.05) is 27.2 Å². The van der Waals surface area contributed by atoms with Crippen LogP contribution in [0.25, 0.3) is 0 Å². The first kappa shape index (κ1) is 14.9. The van der Waals surface area contributed by atoms with Crippen molar-refractivity contribution in [2.45, 2.75) is 25.9 Å². The van der Waals surface area contributed by atoms with E-state index in [0.29, 0.717) is 35.8 Å². The Labute approximate surface area is 139 Å². The Hall–Kier alpha value is -2.64. The zero-order valence-corrected chi connectivity index (χ0v) is 13.9. The summed E-state index contributed by atoms with van der Waals surface area (Å²) in [6, 6.07) is -0.498. The highest BCUT2D eigenvalue weighted by Gasteiger charge is 2.43. The number of carbonyl (C=O) groups excluding carboxylic acids is 3. The van der Waals surface area contributed by atoms with Gasteiger partial charge in [-0.3, -0.25) is 9.59 Å². The van der Waals surface area contributed by atoms with Crippen LogP contribution in [-0.4, -0.2) is 64.1 Å². The van der Waals surface area contributed by atoms with Crippen LogP contribution in [0, 0.1) is 0 Å². The minimum Gasteiger partial charge on any atom is -0.364 e. The lowest BCUT2D eigenvalue weighted by Crippen LogP contribution is -2.36. The van der Waals surface area contributed by atoms with Gasteiger partial charge in [0.25, 0.3) is 0 Å². The Bertz CT molecular complexity index is 816. The zero-order valence-electron chi connectivity index (χ0n) is 13.9. The summed E-state index contributed by atoms with van der Waals surface area (Å²) >= 11 is 0. The van der Waals surface area contributed by atoms with Crippen molar-refractivity contribution < 1.29 is 14.4 Å². The number of carbonyl (C=O) groups is 3. The van der Waals surface area contributed by atoms with Crippen molar-refractivity contribution in [3.05, 3.63) is 28.5 Å². The van der Waals surface area contributed by atoms with E-state index < -0.39 is 0 Å². The van der Waals surface area contributed by atoms with Gasteiger partial charge in [-0.15, -0.1) is 0 Å². The van der Waals surface area contributed by atoms with E-state index in [0.717, 1.165) is 13.1 Å². The molecule has 1 aromatic rings. The number of nitrogens with zero attached hydrogens (tertiary/aromatic N) is 4.